The van der Waals surface area contributed by atoms with Crippen LogP contribution in [-0.2, 0) is 5.33 Å². The van der Waals surface area contributed by atoms with Gasteiger partial charge in [-0.1, -0.05) is 28.9 Å². The van der Waals surface area contributed by atoms with Crippen LogP contribution in [0.15, 0.2) is 33.9 Å². The van der Waals surface area contributed by atoms with Crippen LogP contribution in [0.1, 0.15) is 12.5 Å². The fourth-order valence-electron chi connectivity index (χ4n) is 1.40. The summed E-state index contributed by atoms with van der Waals surface area (Å²) in [4.78, 5) is 1.18. The monoisotopic (exact) mass is 298 g/mol. The Morgan fingerprint density at radius 2 is 2.31 bits per heavy atom. The summed E-state index contributed by atoms with van der Waals surface area (Å²) in [5.74, 6) is 1.60. The van der Waals surface area contributed by atoms with Crippen molar-refractivity contribution in [2.75, 3.05) is 5.75 Å². The van der Waals surface area contributed by atoms with Gasteiger partial charge in [-0.15, -0.1) is 22.0 Å². The first-order valence-electron chi connectivity index (χ1n) is 4.93. The summed E-state index contributed by atoms with van der Waals surface area (Å²) < 4.78 is 5.26. The van der Waals surface area contributed by atoms with Gasteiger partial charge < -0.3 is 4.42 Å². The van der Waals surface area contributed by atoms with Crippen molar-refractivity contribution < 1.29 is 4.42 Å². The summed E-state index contributed by atoms with van der Waals surface area (Å²) >= 11 is 5.22. The summed E-state index contributed by atoms with van der Waals surface area (Å²) in [6, 6.07) is 6.29. The van der Waals surface area contributed by atoms with Crippen LogP contribution >= 0.6 is 27.7 Å². The second-order valence-corrected chi connectivity index (χ2v) is 5.01. The van der Waals surface area contributed by atoms with Crippen molar-refractivity contribution in [1.82, 2.24) is 10.2 Å². The molecule has 1 aromatic heterocycles. The molecule has 5 heteroatoms. The second-order valence-electron chi connectivity index (χ2n) is 3.14. The number of hydrogen-bond donors (Lipinski definition) is 0. The van der Waals surface area contributed by atoms with Gasteiger partial charge in [-0.3, -0.25) is 0 Å². The van der Waals surface area contributed by atoms with E-state index in [1.807, 2.05) is 0 Å². The molecule has 84 valence electrons. The van der Waals surface area contributed by atoms with Crippen molar-refractivity contribution in [3.05, 3.63) is 30.2 Å². The minimum Gasteiger partial charge on any atom is -0.423 e. The Hall–Kier alpha value is -0.810. The highest BCUT2D eigenvalue weighted by molar-refractivity contribution is 9.08. The van der Waals surface area contributed by atoms with Gasteiger partial charge in [-0.25, -0.2) is 0 Å². The summed E-state index contributed by atoms with van der Waals surface area (Å²) in [6.07, 6.45) is 1.36. The number of thioether (sulfide) groups is 1. The molecule has 0 atom stereocenters. The Morgan fingerprint density at radius 3 is 2.94 bits per heavy atom. The first kappa shape index (κ1) is 11.7. The van der Waals surface area contributed by atoms with Crippen LogP contribution in [0.25, 0.3) is 11.5 Å². The molecule has 0 aliphatic carbocycles. The molecule has 0 spiro atoms. The molecule has 16 heavy (non-hydrogen) atoms. The van der Waals surface area contributed by atoms with Gasteiger partial charge in [0.15, 0.2) is 0 Å². The fourth-order valence-corrected chi connectivity index (χ4v) is 2.52. The highest BCUT2D eigenvalue weighted by Gasteiger charge is 2.10. The van der Waals surface area contributed by atoms with E-state index in [9.17, 15) is 0 Å². The fraction of sp³-hybridized carbons (Fsp3) is 0.273. The van der Waals surface area contributed by atoms with Crippen LogP contribution in [0.4, 0.5) is 0 Å². The van der Waals surface area contributed by atoms with E-state index in [0.717, 1.165) is 16.6 Å². The quantitative estimate of drug-likeness (QED) is 0.637. The molecule has 0 radical (unpaired) electrons. The van der Waals surface area contributed by atoms with E-state index in [2.05, 4.69) is 51.3 Å². The molecule has 1 heterocycles. The molecule has 0 aliphatic heterocycles. The largest absolute Gasteiger partial charge is 0.423 e. The summed E-state index contributed by atoms with van der Waals surface area (Å²) in [7, 11) is 0. The predicted octanol–water partition coefficient (Wildman–Crippen LogP) is 3.74. The summed E-state index contributed by atoms with van der Waals surface area (Å²) in [5.41, 5.74) is 2.22. The normalized spacial score (nSPS) is 10.6. The molecular weight excluding hydrogens is 288 g/mol. The number of nitrogens with zero attached hydrogens (tertiary/aromatic N) is 2. The van der Waals surface area contributed by atoms with E-state index in [1.165, 1.54) is 16.9 Å². The van der Waals surface area contributed by atoms with Crippen LogP contribution in [0, 0.1) is 0 Å². The van der Waals surface area contributed by atoms with Gasteiger partial charge in [0.05, 0.1) is 5.56 Å². The molecule has 0 fully saturated rings. The van der Waals surface area contributed by atoms with Crippen molar-refractivity contribution in [1.29, 1.82) is 0 Å². The number of alkyl halides is 1. The highest BCUT2D eigenvalue weighted by Crippen LogP contribution is 2.31. The number of aromatic nitrogens is 2. The van der Waals surface area contributed by atoms with Crippen LogP contribution in [0.3, 0.4) is 0 Å². The van der Waals surface area contributed by atoms with E-state index in [1.54, 1.807) is 11.8 Å². The maximum Gasteiger partial charge on any atom is 0.248 e. The SMILES string of the molecule is CCSc1ccc(CBr)cc1-c1nnco1. The molecule has 0 unspecified atom stereocenters. The van der Waals surface area contributed by atoms with Crippen molar-refractivity contribution in [2.45, 2.75) is 17.1 Å². The third-order valence-electron chi connectivity index (χ3n) is 2.09. The highest BCUT2D eigenvalue weighted by atomic mass is 79.9. The molecule has 0 bridgehead atoms. The van der Waals surface area contributed by atoms with Gasteiger partial charge in [0.1, 0.15) is 0 Å². The number of benzene rings is 1. The second kappa shape index (κ2) is 5.50. The van der Waals surface area contributed by atoms with Crippen molar-refractivity contribution in [3.63, 3.8) is 0 Å². The number of halogens is 1. The molecule has 0 aliphatic rings. The Morgan fingerprint density at radius 1 is 1.44 bits per heavy atom. The van der Waals surface area contributed by atoms with Gasteiger partial charge in [0.25, 0.3) is 0 Å². The molecule has 1 aromatic carbocycles. The van der Waals surface area contributed by atoms with Crippen molar-refractivity contribution >= 4 is 27.7 Å². The Kier molecular flexibility index (Phi) is 4.01. The van der Waals surface area contributed by atoms with E-state index < -0.39 is 0 Å². The minimum atomic E-state index is 0.582. The smallest absolute Gasteiger partial charge is 0.248 e. The van der Waals surface area contributed by atoms with Gasteiger partial charge >= 0.3 is 0 Å². The Balaban J connectivity index is 2.46. The lowest BCUT2D eigenvalue weighted by Crippen LogP contribution is -1.87. The van der Waals surface area contributed by atoms with Crippen LogP contribution in [0.5, 0.6) is 0 Å². The topological polar surface area (TPSA) is 38.9 Å². The third kappa shape index (κ3) is 2.47. The molecule has 2 rings (SSSR count). The molecule has 0 saturated heterocycles. The van der Waals surface area contributed by atoms with Crippen LogP contribution < -0.4 is 0 Å². The summed E-state index contributed by atoms with van der Waals surface area (Å²) in [6.45, 7) is 2.13. The van der Waals surface area contributed by atoms with Crippen LogP contribution in [0.2, 0.25) is 0 Å². The Bertz CT molecular complexity index is 459. The minimum absolute atomic E-state index is 0.582. The average molecular weight is 299 g/mol. The molecule has 2 aromatic rings. The van der Waals surface area contributed by atoms with E-state index in [0.29, 0.717) is 5.89 Å². The predicted molar refractivity (Wildman–Crippen MR) is 68.8 cm³/mol. The van der Waals surface area contributed by atoms with E-state index in [4.69, 9.17) is 4.42 Å². The molecular formula is C11H11BrN2OS. The van der Waals surface area contributed by atoms with Gasteiger partial charge in [0.2, 0.25) is 12.3 Å². The maximum atomic E-state index is 5.26. The number of rotatable bonds is 4. The average Bonchev–Trinajstić information content (AvgIpc) is 2.83. The van der Waals surface area contributed by atoms with Crippen molar-refractivity contribution in [3.8, 4) is 11.5 Å². The van der Waals surface area contributed by atoms with E-state index in [-0.39, 0.29) is 0 Å². The van der Waals surface area contributed by atoms with Gasteiger partial charge in [0, 0.05) is 10.2 Å². The zero-order valence-electron chi connectivity index (χ0n) is 8.81. The van der Waals surface area contributed by atoms with Gasteiger partial charge in [-0.05, 0) is 23.4 Å². The molecule has 0 N–H and O–H groups in total. The first-order valence-corrected chi connectivity index (χ1v) is 7.04. The first-order chi connectivity index (χ1) is 7.85. The van der Waals surface area contributed by atoms with Gasteiger partial charge in [-0.2, -0.15) is 0 Å². The zero-order valence-corrected chi connectivity index (χ0v) is 11.2. The molecule has 0 amide bonds. The molecule has 0 saturated carbocycles. The van der Waals surface area contributed by atoms with Crippen molar-refractivity contribution in [2.24, 2.45) is 0 Å². The zero-order chi connectivity index (χ0) is 11.4. The third-order valence-corrected chi connectivity index (χ3v) is 3.69. The standard InChI is InChI=1S/C11H11BrN2OS/c1-2-16-10-4-3-8(6-12)5-9(10)11-14-13-7-15-11/h3-5,7H,2,6H2,1H3. The molecule has 3 nitrogen and oxygen atoms in total. The lowest BCUT2D eigenvalue weighted by atomic mass is 10.1. The maximum absolute atomic E-state index is 5.26. The summed E-state index contributed by atoms with van der Waals surface area (Å²) in [5, 5.41) is 8.50. The number of hydrogen-bond acceptors (Lipinski definition) is 4. The van der Waals surface area contributed by atoms with Crippen LogP contribution in [-0.4, -0.2) is 16.0 Å². The lowest BCUT2D eigenvalue weighted by Gasteiger charge is -2.06. The Labute approximate surface area is 107 Å². The van der Waals surface area contributed by atoms with E-state index >= 15 is 0 Å². The lowest BCUT2D eigenvalue weighted by molar-refractivity contribution is 0.567.